The summed E-state index contributed by atoms with van der Waals surface area (Å²) in [5, 5.41) is 2.11. The zero-order valence-corrected chi connectivity index (χ0v) is 7.64. The molecular formula is C10H13F3N2O. The summed E-state index contributed by atoms with van der Waals surface area (Å²) in [6.45, 7) is -0.231. The zero-order chi connectivity index (χ0) is 11.5. The molecular weight excluding hydrogens is 221 g/mol. The van der Waals surface area contributed by atoms with Crippen molar-refractivity contribution in [1.82, 2.24) is 5.32 Å². The summed E-state index contributed by atoms with van der Waals surface area (Å²) in [6, 6.07) is 4.15. The van der Waals surface area contributed by atoms with E-state index in [0.29, 0.717) is 0 Å². The van der Waals surface area contributed by atoms with Gasteiger partial charge in [-0.15, -0.1) is 0 Å². The van der Waals surface area contributed by atoms with Crippen molar-refractivity contribution < 1.29 is 18.0 Å². The first kappa shape index (κ1) is 14.3. The smallest absolute Gasteiger partial charge is 0.352 e. The maximum absolute atomic E-state index is 12.4. The number of alkyl halides is 3. The van der Waals surface area contributed by atoms with Gasteiger partial charge in [0.25, 0.3) is 0 Å². The molecule has 0 atom stereocenters. The standard InChI is InChI=1S/C9H9F3N2O.CH4/c10-9(11,12)7-4-2-1-3-6(7)5-14-8(13)15;/h1-4H,5H2,(H3,13,14,15);1H4. The highest BCUT2D eigenvalue weighted by atomic mass is 19.4. The van der Waals surface area contributed by atoms with Crippen LogP contribution in [-0.4, -0.2) is 6.03 Å². The summed E-state index contributed by atoms with van der Waals surface area (Å²) in [5.74, 6) is 0. The van der Waals surface area contributed by atoms with Crippen molar-refractivity contribution in [2.24, 2.45) is 5.73 Å². The van der Waals surface area contributed by atoms with Crippen molar-refractivity contribution in [2.45, 2.75) is 20.1 Å². The van der Waals surface area contributed by atoms with Crippen molar-refractivity contribution in [2.75, 3.05) is 0 Å². The topological polar surface area (TPSA) is 55.1 Å². The molecule has 0 aliphatic heterocycles. The van der Waals surface area contributed by atoms with E-state index in [1.165, 1.54) is 18.2 Å². The van der Waals surface area contributed by atoms with Crippen LogP contribution in [0.4, 0.5) is 18.0 Å². The van der Waals surface area contributed by atoms with Crippen LogP contribution >= 0.6 is 0 Å². The largest absolute Gasteiger partial charge is 0.416 e. The van der Waals surface area contributed by atoms with E-state index in [-0.39, 0.29) is 19.5 Å². The minimum Gasteiger partial charge on any atom is -0.352 e. The van der Waals surface area contributed by atoms with E-state index in [4.69, 9.17) is 5.73 Å². The number of rotatable bonds is 2. The highest BCUT2D eigenvalue weighted by Crippen LogP contribution is 2.31. The predicted octanol–water partition coefficient (Wildman–Crippen LogP) is 2.51. The Morgan fingerprint density at radius 3 is 2.38 bits per heavy atom. The number of primary amides is 1. The fourth-order valence-corrected chi connectivity index (χ4v) is 1.13. The number of nitrogens with two attached hydrogens (primary N) is 1. The molecule has 1 rings (SSSR count). The van der Waals surface area contributed by atoms with Gasteiger partial charge in [0.1, 0.15) is 0 Å². The zero-order valence-electron chi connectivity index (χ0n) is 7.64. The first-order chi connectivity index (χ1) is 6.91. The summed E-state index contributed by atoms with van der Waals surface area (Å²) in [4.78, 5) is 10.4. The van der Waals surface area contributed by atoms with Crippen molar-refractivity contribution in [3.63, 3.8) is 0 Å². The van der Waals surface area contributed by atoms with Crippen LogP contribution < -0.4 is 11.1 Å². The van der Waals surface area contributed by atoms with E-state index in [9.17, 15) is 18.0 Å². The molecule has 0 aliphatic carbocycles. The second-order valence-electron chi connectivity index (χ2n) is 2.87. The van der Waals surface area contributed by atoms with Gasteiger partial charge in [-0.3, -0.25) is 0 Å². The van der Waals surface area contributed by atoms with E-state index >= 15 is 0 Å². The van der Waals surface area contributed by atoms with Crippen LogP contribution in [0.1, 0.15) is 18.6 Å². The van der Waals surface area contributed by atoms with E-state index in [2.05, 4.69) is 5.32 Å². The van der Waals surface area contributed by atoms with Crippen LogP contribution in [0, 0.1) is 0 Å². The number of hydrogen-bond acceptors (Lipinski definition) is 1. The molecule has 1 aromatic rings. The van der Waals surface area contributed by atoms with Crippen LogP contribution in [0.5, 0.6) is 0 Å². The second kappa shape index (κ2) is 5.39. The Kier molecular flexibility index (Phi) is 4.81. The number of halogens is 3. The average molecular weight is 234 g/mol. The normalized spacial score (nSPS) is 10.4. The Morgan fingerprint density at radius 1 is 1.31 bits per heavy atom. The fourth-order valence-electron chi connectivity index (χ4n) is 1.13. The third-order valence-electron chi connectivity index (χ3n) is 1.78. The summed E-state index contributed by atoms with van der Waals surface area (Å²) >= 11 is 0. The Balaban J connectivity index is 0.00000225. The van der Waals surface area contributed by atoms with Gasteiger partial charge >= 0.3 is 12.2 Å². The van der Waals surface area contributed by atoms with Crippen molar-refractivity contribution >= 4 is 6.03 Å². The summed E-state index contributed by atoms with van der Waals surface area (Å²) < 4.78 is 37.3. The van der Waals surface area contributed by atoms with E-state index in [0.717, 1.165) is 6.07 Å². The summed E-state index contributed by atoms with van der Waals surface area (Å²) in [6.07, 6.45) is -4.42. The maximum Gasteiger partial charge on any atom is 0.416 e. The van der Waals surface area contributed by atoms with Gasteiger partial charge in [0.05, 0.1) is 5.56 Å². The molecule has 16 heavy (non-hydrogen) atoms. The molecule has 0 unspecified atom stereocenters. The molecule has 3 nitrogen and oxygen atoms in total. The van der Waals surface area contributed by atoms with Crippen LogP contribution in [0.2, 0.25) is 0 Å². The van der Waals surface area contributed by atoms with E-state index in [1.54, 1.807) is 0 Å². The third-order valence-corrected chi connectivity index (χ3v) is 1.78. The molecule has 0 saturated carbocycles. The summed E-state index contributed by atoms with van der Waals surface area (Å²) in [5.41, 5.74) is 3.99. The minimum absolute atomic E-state index is 0. The van der Waals surface area contributed by atoms with Crippen LogP contribution in [-0.2, 0) is 12.7 Å². The second-order valence-corrected chi connectivity index (χ2v) is 2.87. The van der Waals surface area contributed by atoms with Gasteiger partial charge in [0.15, 0.2) is 0 Å². The molecule has 3 N–H and O–H groups in total. The van der Waals surface area contributed by atoms with Crippen molar-refractivity contribution in [3.05, 3.63) is 35.4 Å². The lowest BCUT2D eigenvalue weighted by molar-refractivity contribution is -0.138. The van der Waals surface area contributed by atoms with Gasteiger partial charge in [0.2, 0.25) is 0 Å². The molecule has 0 bridgehead atoms. The molecule has 0 radical (unpaired) electrons. The number of carbonyl (C=O) groups is 1. The molecule has 0 heterocycles. The van der Waals surface area contributed by atoms with Gasteiger partial charge in [-0.25, -0.2) is 4.79 Å². The molecule has 0 saturated heterocycles. The quantitative estimate of drug-likeness (QED) is 0.811. The van der Waals surface area contributed by atoms with Crippen LogP contribution in [0.25, 0.3) is 0 Å². The Morgan fingerprint density at radius 2 is 1.88 bits per heavy atom. The van der Waals surface area contributed by atoms with Crippen molar-refractivity contribution in [3.8, 4) is 0 Å². The first-order valence-electron chi connectivity index (χ1n) is 4.09. The molecule has 0 fully saturated rings. The first-order valence-corrected chi connectivity index (χ1v) is 4.09. The molecule has 0 aliphatic rings. The molecule has 90 valence electrons. The van der Waals surface area contributed by atoms with Gasteiger partial charge in [-0.1, -0.05) is 25.6 Å². The number of carbonyl (C=O) groups excluding carboxylic acids is 1. The van der Waals surface area contributed by atoms with Crippen LogP contribution in [0.15, 0.2) is 24.3 Å². The minimum atomic E-state index is -4.42. The molecule has 6 heteroatoms. The van der Waals surface area contributed by atoms with Crippen LogP contribution in [0.3, 0.4) is 0 Å². The molecule has 0 aromatic heterocycles. The van der Waals surface area contributed by atoms with Gasteiger partial charge in [-0.2, -0.15) is 13.2 Å². The SMILES string of the molecule is C.NC(=O)NCc1ccccc1C(F)(F)F. The number of nitrogens with one attached hydrogen (secondary N) is 1. The Labute approximate surface area is 91.4 Å². The number of amides is 2. The van der Waals surface area contributed by atoms with E-state index in [1.807, 2.05) is 0 Å². The number of hydrogen-bond donors (Lipinski definition) is 2. The monoisotopic (exact) mass is 234 g/mol. The average Bonchev–Trinajstić information content (AvgIpc) is 2.13. The van der Waals surface area contributed by atoms with Gasteiger partial charge < -0.3 is 11.1 Å². The van der Waals surface area contributed by atoms with Gasteiger partial charge in [0, 0.05) is 6.54 Å². The lowest BCUT2D eigenvalue weighted by atomic mass is 10.1. The Bertz CT molecular complexity index is 363. The predicted molar refractivity (Wildman–Crippen MR) is 54.6 cm³/mol. The van der Waals surface area contributed by atoms with E-state index < -0.39 is 17.8 Å². The molecule has 0 spiro atoms. The lowest BCUT2D eigenvalue weighted by Crippen LogP contribution is -2.29. The fraction of sp³-hybridized carbons (Fsp3) is 0.300. The Hall–Kier alpha value is -1.72. The van der Waals surface area contributed by atoms with Gasteiger partial charge in [-0.05, 0) is 11.6 Å². The highest BCUT2D eigenvalue weighted by molar-refractivity contribution is 5.71. The molecule has 2 amide bonds. The maximum atomic E-state index is 12.4. The highest BCUT2D eigenvalue weighted by Gasteiger charge is 2.32. The lowest BCUT2D eigenvalue weighted by Gasteiger charge is -2.12. The summed E-state index contributed by atoms with van der Waals surface area (Å²) in [7, 11) is 0. The molecule has 1 aromatic carbocycles. The number of urea groups is 1. The number of benzene rings is 1. The van der Waals surface area contributed by atoms with Crippen molar-refractivity contribution in [1.29, 1.82) is 0 Å². The third kappa shape index (κ3) is 3.80.